The highest BCUT2D eigenvalue weighted by Gasteiger charge is 2.31. The summed E-state index contributed by atoms with van der Waals surface area (Å²) in [5.41, 5.74) is 5.91. The van der Waals surface area contributed by atoms with Crippen LogP contribution in [0.25, 0.3) is 6.08 Å². The molecular formula is C13H16ClN3O5S. The third kappa shape index (κ3) is 4.32. The van der Waals surface area contributed by atoms with Gasteiger partial charge in [-0.2, -0.15) is 5.10 Å². The van der Waals surface area contributed by atoms with Gasteiger partial charge >= 0.3 is 5.97 Å². The lowest BCUT2D eigenvalue weighted by atomic mass is 10.2. The Morgan fingerprint density at radius 2 is 2.22 bits per heavy atom. The summed E-state index contributed by atoms with van der Waals surface area (Å²) < 4.78 is 29.2. The number of primary amides is 1. The van der Waals surface area contributed by atoms with Crippen LogP contribution in [0.3, 0.4) is 0 Å². The summed E-state index contributed by atoms with van der Waals surface area (Å²) in [5, 5.41) is 4.51. The van der Waals surface area contributed by atoms with E-state index < -0.39 is 28.3 Å². The van der Waals surface area contributed by atoms with Gasteiger partial charge in [0.05, 0.1) is 23.2 Å². The molecule has 0 saturated carbocycles. The first-order chi connectivity index (χ1) is 10.7. The first-order valence-corrected chi connectivity index (χ1v) is 8.97. The van der Waals surface area contributed by atoms with Crippen molar-refractivity contribution in [2.75, 3.05) is 18.1 Å². The van der Waals surface area contributed by atoms with Crippen LogP contribution in [0.5, 0.6) is 0 Å². The molecule has 1 aliphatic rings. The highest BCUT2D eigenvalue weighted by Crippen LogP contribution is 2.30. The van der Waals surface area contributed by atoms with Gasteiger partial charge in [0.1, 0.15) is 5.15 Å². The number of ether oxygens (including phenoxy) is 1. The maximum Gasteiger partial charge on any atom is 0.331 e. The number of sulfone groups is 1. The van der Waals surface area contributed by atoms with Crippen molar-refractivity contribution in [3.05, 3.63) is 22.5 Å². The zero-order valence-corrected chi connectivity index (χ0v) is 13.9. The minimum Gasteiger partial charge on any atom is -0.452 e. The first kappa shape index (κ1) is 17.5. The van der Waals surface area contributed by atoms with Crippen LogP contribution in [0.1, 0.15) is 23.7 Å². The number of carbonyl (C=O) groups is 2. The molecule has 23 heavy (non-hydrogen) atoms. The number of halogens is 1. The molecule has 1 aromatic heterocycles. The van der Waals surface area contributed by atoms with Crippen molar-refractivity contribution in [2.45, 2.75) is 19.4 Å². The highest BCUT2D eigenvalue weighted by atomic mass is 35.5. The summed E-state index contributed by atoms with van der Waals surface area (Å²) in [6.45, 7) is 1.19. The van der Waals surface area contributed by atoms with Crippen molar-refractivity contribution in [1.82, 2.24) is 9.78 Å². The predicted octanol–water partition coefficient (Wildman–Crippen LogP) is 0.246. The van der Waals surface area contributed by atoms with E-state index in [-0.39, 0.29) is 22.7 Å². The summed E-state index contributed by atoms with van der Waals surface area (Å²) in [6, 6.07) is -0.310. The van der Waals surface area contributed by atoms with Crippen LogP contribution in [0.15, 0.2) is 6.08 Å². The molecule has 0 unspecified atom stereocenters. The number of nitrogens with zero attached hydrogens (tertiary/aromatic N) is 2. The van der Waals surface area contributed by atoms with E-state index in [4.69, 9.17) is 17.3 Å². The summed E-state index contributed by atoms with van der Waals surface area (Å²) in [4.78, 5) is 22.0. The number of hydrogen-bond donors (Lipinski definition) is 1. The third-order valence-electron chi connectivity index (χ3n) is 3.37. The number of aryl methyl sites for hydroxylation is 1. The lowest BCUT2D eigenvalue weighted by molar-refractivity contribution is -0.142. The topological polar surface area (TPSA) is 121 Å². The van der Waals surface area contributed by atoms with Gasteiger partial charge in [-0.15, -0.1) is 0 Å². The number of carbonyl (C=O) groups excluding carboxylic acids is 2. The molecule has 8 nitrogen and oxygen atoms in total. The lowest BCUT2D eigenvalue weighted by Crippen LogP contribution is -2.19. The predicted molar refractivity (Wildman–Crippen MR) is 83.5 cm³/mol. The second-order valence-electron chi connectivity index (χ2n) is 5.20. The fourth-order valence-electron chi connectivity index (χ4n) is 2.27. The SMILES string of the molecule is Cc1nn([C@@H]2CCS(=O)(=O)C2)c(Cl)c1/C=C/C(=O)OCC(N)=O. The molecule has 1 amide bonds. The van der Waals surface area contributed by atoms with E-state index in [9.17, 15) is 18.0 Å². The van der Waals surface area contributed by atoms with Crippen molar-refractivity contribution in [3.63, 3.8) is 0 Å². The second kappa shape index (κ2) is 6.71. The monoisotopic (exact) mass is 361 g/mol. The molecule has 1 saturated heterocycles. The Labute approximate surface area is 138 Å². The van der Waals surface area contributed by atoms with Gasteiger partial charge in [-0.1, -0.05) is 11.6 Å². The average Bonchev–Trinajstić information content (AvgIpc) is 2.94. The molecule has 1 aliphatic heterocycles. The van der Waals surface area contributed by atoms with E-state index in [1.54, 1.807) is 6.92 Å². The molecule has 126 valence electrons. The number of rotatable bonds is 5. The summed E-state index contributed by atoms with van der Waals surface area (Å²) in [7, 11) is -3.06. The van der Waals surface area contributed by atoms with Crippen LogP contribution < -0.4 is 5.73 Å². The Kier molecular flexibility index (Phi) is 5.10. The normalized spacial score (nSPS) is 20.0. The van der Waals surface area contributed by atoms with Gasteiger partial charge in [0, 0.05) is 11.6 Å². The van der Waals surface area contributed by atoms with Gasteiger partial charge in [-0.05, 0) is 19.4 Å². The van der Waals surface area contributed by atoms with Crippen LogP contribution in [0, 0.1) is 6.92 Å². The van der Waals surface area contributed by atoms with Gasteiger partial charge in [-0.25, -0.2) is 17.9 Å². The Bertz CT molecular complexity index is 769. The molecule has 0 aromatic carbocycles. The molecule has 0 radical (unpaired) electrons. The van der Waals surface area contributed by atoms with Crippen molar-refractivity contribution < 1.29 is 22.7 Å². The molecule has 0 aliphatic carbocycles. The zero-order valence-electron chi connectivity index (χ0n) is 12.4. The fraction of sp³-hybridized carbons (Fsp3) is 0.462. The second-order valence-corrected chi connectivity index (χ2v) is 7.79. The van der Waals surface area contributed by atoms with Crippen LogP contribution in [0.2, 0.25) is 5.15 Å². The number of nitrogens with two attached hydrogens (primary N) is 1. The van der Waals surface area contributed by atoms with Crippen molar-refractivity contribution in [1.29, 1.82) is 0 Å². The van der Waals surface area contributed by atoms with Gasteiger partial charge in [0.2, 0.25) is 0 Å². The molecule has 2 N–H and O–H groups in total. The molecule has 0 bridgehead atoms. The molecule has 1 aromatic rings. The van der Waals surface area contributed by atoms with Crippen LogP contribution >= 0.6 is 11.6 Å². The smallest absolute Gasteiger partial charge is 0.331 e. The van der Waals surface area contributed by atoms with Crippen LogP contribution in [-0.4, -0.2) is 48.2 Å². The molecule has 1 atom stereocenters. The minimum atomic E-state index is -3.06. The van der Waals surface area contributed by atoms with Crippen molar-refractivity contribution >= 4 is 39.4 Å². The standard InChI is InChI=1S/C13H16ClN3O5S/c1-8-10(2-3-12(19)22-6-11(15)18)13(14)17(16-8)9-4-5-23(20,21)7-9/h2-3,9H,4-7H2,1H3,(H2,15,18)/b3-2+/t9-/m1/s1. The van der Waals surface area contributed by atoms with E-state index in [0.717, 1.165) is 6.08 Å². The number of aromatic nitrogens is 2. The quantitative estimate of drug-likeness (QED) is 0.592. The van der Waals surface area contributed by atoms with Gasteiger partial charge < -0.3 is 10.5 Å². The van der Waals surface area contributed by atoms with Crippen molar-refractivity contribution in [3.8, 4) is 0 Å². The van der Waals surface area contributed by atoms with Crippen LogP contribution in [-0.2, 0) is 24.2 Å². The minimum absolute atomic E-state index is 0.00233. The maximum atomic E-state index is 11.6. The zero-order chi connectivity index (χ0) is 17.2. The highest BCUT2D eigenvalue weighted by molar-refractivity contribution is 7.91. The van der Waals surface area contributed by atoms with Crippen molar-refractivity contribution in [2.24, 2.45) is 5.73 Å². The van der Waals surface area contributed by atoms with Gasteiger partial charge in [0.25, 0.3) is 5.91 Å². The third-order valence-corrected chi connectivity index (χ3v) is 5.50. The fourth-order valence-corrected chi connectivity index (χ4v) is 4.34. The first-order valence-electron chi connectivity index (χ1n) is 6.78. The number of esters is 1. The van der Waals surface area contributed by atoms with E-state index >= 15 is 0 Å². The maximum absolute atomic E-state index is 11.6. The van der Waals surface area contributed by atoms with E-state index in [0.29, 0.717) is 17.7 Å². The Hall–Kier alpha value is -1.87. The van der Waals surface area contributed by atoms with Gasteiger partial charge in [-0.3, -0.25) is 4.79 Å². The largest absolute Gasteiger partial charge is 0.452 e. The molecule has 0 spiro atoms. The van der Waals surface area contributed by atoms with Crippen LogP contribution in [0.4, 0.5) is 0 Å². The van der Waals surface area contributed by atoms with E-state index in [2.05, 4.69) is 9.84 Å². The molecule has 2 rings (SSSR count). The summed E-state index contributed by atoms with van der Waals surface area (Å²) >= 11 is 6.24. The number of hydrogen-bond acceptors (Lipinski definition) is 6. The van der Waals surface area contributed by atoms with E-state index in [1.807, 2.05) is 0 Å². The molecule has 2 heterocycles. The van der Waals surface area contributed by atoms with E-state index in [1.165, 1.54) is 10.8 Å². The Balaban J connectivity index is 2.15. The summed E-state index contributed by atoms with van der Waals surface area (Å²) in [6.07, 6.45) is 2.97. The lowest BCUT2D eigenvalue weighted by Gasteiger charge is -2.09. The Morgan fingerprint density at radius 3 is 2.78 bits per heavy atom. The van der Waals surface area contributed by atoms with Gasteiger partial charge in [0.15, 0.2) is 16.4 Å². The number of amides is 1. The molecule has 1 fully saturated rings. The Morgan fingerprint density at radius 1 is 1.52 bits per heavy atom. The average molecular weight is 362 g/mol. The summed E-state index contributed by atoms with van der Waals surface area (Å²) in [5.74, 6) is -1.39. The molecule has 10 heteroatoms. The molecular weight excluding hydrogens is 346 g/mol.